The lowest BCUT2D eigenvalue weighted by molar-refractivity contribution is -0.152. The number of halogens is 2. The molecule has 0 fully saturated rings. The molecule has 7 heteroatoms. The summed E-state index contributed by atoms with van der Waals surface area (Å²) in [6.07, 6.45) is -0.808. The summed E-state index contributed by atoms with van der Waals surface area (Å²) in [7, 11) is 0. The van der Waals surface area contributed by atoms with Crippen molar-refractivity contribution in [2.45, 2.75) is 19.6 Å². The minimum absolute atomic E-state index is 0.109. The first kappa shape index (κ1) is 16.7. The van der Waals surface area contributed by atoms with Crippen LogP contribution in [0.2, 0.25) is 10.0 Å². The Morgan fingerprint density at radius 2 is 1.96 bits per heavy atom. The molecule has 1 aliphatic rings. The summed E-state index contributed by atoms with van der Waals surface area (Å²) in [4.78, 5) is 12.1. The Labute approximate surface area is 149 Å². The van der Waals surface area contributed by atoms with E-state index >= 15 is 0 Å². The van der Waals surface area contributed by atoms with Crippen molar-refractivity contribution in [1.29, 1.82) is 0 Å². The Hall–Kier alpha value is -2.11. The first-order valence-corrected chi connectivity index (χ1v) is 7.95. The monoisotopic (exact) mass is 368 g/mol. The quantitative estimate of drug-likeness (QED) is 0.739. The van der Waals surface area contributed by atoms with Crippen LogP contribution < -0.4 is 14.2 Å². The molecule has 126 valence electrons. The highest BCUT2D eigenvalue weighted by molar-refractivity contribution is 6.35. The highest BCUT2D eigenvalue weighted by atomic mass is 35.5. The Morgan fingerprint density at radius 3 is 2.75 bits per heavy atom. The lowest BCUT2D eigenvalue weighted by Crippen LogP contribution is -2.26. The molecule has 0 spiro atoms. The number of ether oxygens (including phenoxy) is 4. The second-order valence-corrected chi connectivity index (χ2v) is 5.97. The van der Waals surface area contributed by atoms with Crippen LogP contribution in [0, 0.1) is 0 Å². The van der Waals surface area contributed by atoms with E-state index in [4.69, 9.17) is 42.1 Å². The smallest absolute Gasteiger partial charge is 0.347 e. The van der Waals surface area contributed by atoms with Gasteiger partial charge in [0.1, 0.15) is 12.4 Å². The van der Waals surface area contributed by atoms with Crippen LogP contribution in [0.3, 0.4) is 0 Å². The van der Waals surface area contributed by atoms with Gasteiger partial charge in [0.05, 0.1) is 5.02 Å². The van der Waals surface area contributed by atoms with Gasteiger partial charge < -0.3 is 18.9 Å². The summed E-state index contributed by atoms with van der Waals surface area (Å²) in [5.74, 6) is 1.19. The first-order chi connectivity index (χ1) is 11.5. The number of hydrogen-bond donors (Lipinski definition) is 0. The summed E-state index contributed by atoms with van der Waals surface area (Å²) in [6, 6.07) is 10.1. The van der Waals surface area contributed by atoms with Gasteiger partial charge >= 0.3 is 5.97 Å². The van der Waals surface area contributed by atoms with Crippen molar-refractivity contribution in [2.75, 3.05) is 6.79 Å². The second kappa shape index (κ2) is 7.20. The molecule has 0 saturated heterocycles. The van der Waals surface area contributed by atoms with Gasteiger partial charge in [0, 0.05) is 5.02 Å². The predicted molar refractivity (Wildman–Crippen MR) is 88.9 cm³/mol. The highest BCUT2D eigenvalue weighted by Crippen LogP contribution is 2.32. The molecule has 1 heterocycles. The van der Waals surface area contributed by atoms with Crippen LogP contribution in [-0.4, -0.2) is 18.9 Å². The van der Waals surface area contributed by atoms with Crippen LogP contribution in [0.15, 0.2) is 36.4 Å². The van der Waals surface area contributed by atoms with E-state index in [2.05, 4.69) is 0 Å². The third-order valence-corrected chi connectivity index (χ3v) is 3.88. The largest absolute Gasteiger partial charge is 0.477 e. The normalized spacial score (nSPS) is 13.5. The van der Waals surface area contributed by atoms with Crippen molar-refractivity contribution >= 4 is 29.2 Å². The van der Waals surface area contributed by atoms with Crippen LogP contribution in [-0.2, 0) is 16.1 Å². The minimum Gasteiger partial charge on any atom is -0.477 e. The lowest BCUT2D eigenvalue weighted by Gasteiger charge is -2.15. The third kappa shape index (κ3) is 3.86. The second-order valence-electron chi connectivity index (χ2n) is 5.13. The van der Waals surface area contributed by atoms with Gasteiger partial charge in [-0.15, -0.1) is 0 Å². The topological polar surface area (TPSA) is 54.0 Å². The van der Waals surface area contributed by atoms with Crippen molar-refractivity contribution in [2.24, 2.45) is 0 Å². The van der Waals surface area contributed by atoms with Crippen LogP contribution >= 0.6 is 23.2 Å². The zero-order chi connectivity index (χ0) is 17.1. The molecule has 0 radical (unpaired) electrons. The molecule has 0 aliphatic carbocycles. The summed E-state index contributed by atoms with van der Waals surface area (Å²) >= 11 is 11.8. The summed E-state index contributed by atoms with van der Waals surface area (Å²) in [5.41, 5.74) is 0.796. The fraction of sp³-hybridized carbons (Fsp3) is 0.235. The van der Waals surface area contributed by atoms with E-state index < -0.39 is 12.1 Å². The fourth-order valence-electron chi connectivity index (χ4n) is 2.11. The third-order valence-electron chi connectivity index (χ3n) is 3.35. The Balaban J connectivity index is 1.56. The maximum atomic E-state index is 12.1. The zero-order valence-electron chi connectivity index (χ0n) is 12.8. The summed E-state index contributed by atoms with van der Waals surface area (Å²) < 4.78 is 21.3. The average molecular weight is 369 g/mol. The SMILES string of the molecule is C[C@H](Oc1ccc(Cl)cc1Cl)C(=O)OCc1ccc2c(c1)OCO2. The van der Waals surface area contributed by atoms with E-state index in [0.29, 0.717) is 27.3 Å². The molecule has 1 atom stereocenters. The van der Waals surface area contributed by atoms with Crippen molar-refractivity contribution in [1.82, 2.24) is 0 Å². The Morgan fingerprint density at radius 1 is 1.17 bits per heavy atom. The Kier molecular flexibility index (Phi) is 5.02. The van der Waals surface area contributed by atoms with E-state index in [-0.39, 0.29) is 13.4 Å². The van der Waals surface area contributed by atoms with Gasteiger partial charge in [-0.25, -0.2) is 4.79 Å². The molecular weight excluding hydrogens is 355 g/mol. The van der Waals surface area contributed by atoms with Crippen LogP contribution in [0.1, 0.15) is 12.5 Å². The number of carbonyl (C=O) groups is 1. The van der Waals surface area contributed by atoms with Gasteiger partial charge in [-0.05, 0) is 42.8 Å². The molecular formula is C17H14Cl2O5. The molecule has 0 aromatic heterocycles. The summed E-state index contributed by atoms with van der Waals surface area (Å²) in [6.45, 7) is 1.90. The maximum absolute atomic E-state index is 12.1. The van der Waals surface area contributed by atoms with Crippen LogP contribution in [0.25, 0.3) is 0 Å². The van der Waals surface area contributed by atoms with Crippen molar-refractivity contribution in [3.05, 3.63) is 52.0 Å². The van der Waals surface area contributed by atoms with Gasteiger partial charge in [0.15, 0.2) is 17.6 Å². The van der Waals surface area contributed by atoms with Crippen LogP contribution in [0.4, 0.5) is 0 Å². The predicted octanol–water partition coefficient (Wildman–Crippen LogP) is 4.23. The molecule has 24 heavy (non-hydrogen) atoms. The van der Waals surface area contributed by atoms with Gasteiger partial charge in [-0.3, -0.25) is 0 Å². The molecule has 5 nitrogen and oxygen atoms in total. The van der Waals surface area contributed by atoms with E-state index in [0.717, 1.165) is 5.56 Å². The number of benzene rings is 2. The Bertz CT molecular complexity index is 763. The van der Waals surface area contributed by atoms with E-state index in [1.165, 1.54) is 0 Å². The fourth-order valence-corrected chi connectivity index (χ4v) is 2.56. The molecule has 0 N–H and O–H groups in total. The van der Waals surface area contributed by atoms with E-state index in [1.807, 2.05) is 6.07 Å². The number of carbonyl (C=O) groups excluding carboxylic acids is 1. The van der Waals surface area contributed by atoms with Gasteiger partial charge in [-0.1, -0.05) is 29.3 Å². The van der Waals surface area contributed by atoms with Gasteiger partial charge in [0.25, 0.3) is 0 Å². The van der Waals surface area contributed by atoms with Crippen molar-refractivity contribution < 1.29 is 23.7 Å². The molecule has 1 aliphatic heterocycles. The van der Waals surface area contributed by atoms with Crippen LogP contribution in [0.5, 0.6) is 17.2 Å². The molecule has 0 unspecified atom stereocenters. The summed E-state index contributed by atoms with van der Waals surface area (Å²) in [5, 5.41) is 0.823. The average Bonchev–Trinajstić information content (AvgIpc) is 3.02. The van der Waals surface area contributed by atoms with E-state index in [9.17, 15) is 4.79 Å². The number of rotatable bonds is 5. The van der Waals surface area contributed by atoms with E-state index in [1.54, 1.807) is 37.3 Å². The standard InChI is InChI=1S/C17H14Cl2O5/c1-10(24-14-5-3-12(18)7-13(14)19)17(20)21-8-11-2-4-15-16(6-11)23-9-22-15/h2-7,10H,8-9H2,1H3/t10-/m0/s1. The van der Waals surface area contributed by atoms with Gasteiger partial charge in [0.2, 0.25) is 6.79 Å². The lowest BCUT2D eigenvalue weighted by atomic mass is 10.2. The van der Waals surface area contributed by atoms with Crippen molar-refractivity contribution in [3.8, 4) is 17.2 Å². The first-order valence-electron chi connectivity index (χ1n) is 7.20. The highest BCUT2D eigenvalue weighted by Gasteiger charge is 2.19. The number of hydrogen-bond acceptors (Lipinski definition) is 5. The van der Waals surface area contributed by atoms with Crippen molar-refractivity contribution in [3.63, 3.8) is 0 Å². The molecule has 2 aromatic carbocycles. The number of fused-ring (bicyclic) bond motifs is 1. The number of esters is 1. The molecule has 0 amide bonds. The molecule has 2 aromatic rings. The van der Waals surface area contributed by atoms with Gasteiger partial charge in [-0.2, -0.15) is 0 Å². The maximum Gasteiger partial charge on any atom is 0.347 e. The molecule has 0 bridgehead atoms. The minimum atomic E-state index is -0.808. The zero-order valence-corrected chi connectivity index (χ0v) is 14.3. The molecule has 3 rings (SSSR count). The molecule has 0 saturated carbocycles.